The van der Waals surface area contributed by atoms with Crippen molar-refractivity contribution in [1.29, 1.82) is 0 Å². The number of piperidine rings is 1. The van der Waals surface area contributed by atoms with E-state index in [4.69, 9.17) is 4.42 Å². The number of amides is 1. The van der Waals surface area contributed by atoms with E-state index in [0.717, 1.165) is 25.2 Å². The van der Waals surface area contributed by atoms with Gasteiger partial charge in [0.25, 0.3) is 5.91 Å². The lowest BCUT2D eigenvalue weighted by Crippen LogP contribution is -2.43. The fourth-order valence-electron chi connectivity index (χ4n) is 2.53. The summed E-state index contributed by atoms with van der Waals surface area (Å²) < 4.78 is 5.95. The summed E-state index contributed by atoms with van der Waals surface area (Å²) in [7, 11) is 0. The van der Waals surface area contributed by atoms with Gasteiger partial charge in [0, 0.05) is 18.2 Å². The first-order valence-electron chi connectivity index (χ1n) is 6.85. The molecule has 0 radical (unpaired) electrons. The maximum Gasteiger partial charge on any atom is 0.287 e. The smallest absolute Gasteiger partial charge is 0.287 e. The molecule has 1 aliphatic heterocycles. The van der Waals surface area contributed by atoms with E-state index in [9.17, 15) is 4.79 Å². The zero-order valence-corrected chi connectivity index (χ0v) is 13.1. The van der Waals surface area contributed by atoms with Gasteiger partial charge >= 0.3 is 0 Å². The van der Waals surface area contributed by atoms with E-state index in [1.807, 2.05) is 19.9 Å². The zero-order chi connectivity index (χ0) is 13.8. The van der Waals surface area contributed by atoms with E-state index >= 15 is 0 Å². The molecule has 0 bridgehead atoms. The summed E-state index contributed by atoms with van der Waals surface area (Å²) in [5, 5.41) is 3.00. The molecular formula is C14H21BrN2O2. The van der Waals surface area contributed by atoms with Gasteiger partial charge in [-0.05, 0) is 61.8 Å². The zero-order valence-electron chi connectivity index (χ0n) is 11.5. The average Bonchev–Trinajstić information content (AvgIpc) is 2.69. The van der Waals surface area contributed by atoms with Gasteiger partial charge in [-0.15, -0.1) is 0 Å². The Labute approximate surface area is 122 Å². The van der Waals surface area contributed by atoms with Gasteiger partial charge in [0.05, 0.1) is 0 Å². The van der Waals surface area contributed by atoms with Gasteiger partial charge in [-0.3, -0.25) is 4.79 Å². The Morgan fingerprint density at radius 2 is 2.16 bits per heavy atom. The lowest BCUT2D eigenvalue weighted by atomic mass is 10.1. The van der Waals surface area contributed by atoms with E-state index < -0.39 is 0 Å². The van der Waals surface area contributed by atoms with Crippen LogP contribution in [0.4, 0.5) is 0 Å². The SMILES string of the molecule is Cc1cc(Br)oc1C(=O)NC(C)CN1CCCCC1. The number of rotatable bonds is 4. The molecule has 2 heterocycles. The minimum Gasteiger partial charge on any atom is -0.444 e. The molecule has 1 aliphatic rings. The molecule has 19 heavy (non-hydrogen) atoms. The average molecular weight is 329 g/mol. The third-order valence-electron chi connectivity index (χ3n) is 3.45. The second kappa shape index (κ2) is 6.57. The molecule has 106 valence electrons. The predicted molar refractivity (Wildman–Crippen MR) is 78.4 cm³/mol. The maximum absolute atomic E-state index is 12.1. The van der Waals surface area contributed by atoms with Gasteiger partial charge in [0.1, 0.15) is 0 Å². The second-order valence-corrected chi connectivity index (χ2v) is 6.08. The summed E-state index contributed by atoms with van der Waals surface area (Å²) in [4.78, 5) is 14.5. The molecule has 1 aromatic heterocycles. The highest BCUT2D eigenvalue weighted by atomic mass is 79.9. The molecule has 1 unspecified atom stereocenters. The Bertz CT molecular complexity index is 439. The van der Waals surface area contributed by atoms with Crippen LogP contribution in [0.1, 0.15) is 42.3 Å². The van der Waals surface area contributed by atoms with Crippen LogP contribution in [0, 0.1) is 6.92 Å². The van der Waals surface area contributed by atoms with Crippen molar-refractivity contribution >= 4 is 21.8 Å². The minimum atomic E-state index is -0.132. The molecule has 0 saturated carbocycles. The second-order valence-electron chi connectivity index (χ2n) is 5.30. The molecule has 1 amide bonds. The van der Waals surface area contributed by atoms with Gasteiger partial charge in [0.2, 0.25) is 0 Å². The van der Waals surface area contributed by atoms with Gasteiger partial charge in [-0.1, -0.05) is 6.42 Å². The van der Waals surface area contributed by atoms with Crippen molar-refractivity contribution < 1.29 is 9.21 Å². The van der Waals surface area contributed by atoms with Crippen LogP contribution in [0.3, 0.4) is 0 Å². The number of nitrogens with one attached hydrogen (secondary N) is 1. The summed E-state index contributed by atoms with van der Waals surface area (Å²) >= 11 is 3.24. The molecule has 0 spiro atoms. The summed E-state index contributed by atoms with van der Waals surface area (Å²) in [6, 6.07) is 1.94. The van der Waals surface area contributed by atoms with Crippen molar-refractivity contribution in [2.75, 3.05) is 19.6 Å². The number of hydrogen-bond acceptors (Lipinski definition) is 3. The topological polar surface area (TPSA) is 45.5 Å². The Kier molecular flexibility index (Phi) is 5.05. The van der Waals surface area contributed by atoms with Gasteiger partial charge in [-0.25, -0.2) is 0 Å². The number of hydrogen-bond donors (Lipinski definition) is 1. The first kappa shape index (κ1) is 14.6. The van der Waals surface area contributed by atoms with E-state index in [2.05, 4.69) is 26.1 Å². The van der Waals surface area contributed by atoms with Crippen LogP contribution < -0.4 is 5.32 Å². The van der Waals surface area contributed by atoms with Crippen molar-refractivity contribution in [1.82, 2.24) is 10.2 Å². The van der Waals surface area contributed by atoms with E-state index in [-0.39, 0.29) is 11.9 Å². The number of carbonyl (C=O) groups is 1. The summed E-state index contributed by atoms with van der Waals surface area (Å²) in [6.45, 7) is 7.11. The van der Waals surface area contributed by atoms with Gasteiger partial charge in [-0.2, -0.15) is 0 Å². The van der Waals surface area contributed by atoms with Crippen LogP contribution >= 0.6 is 15.9 Å². The molecule has 2 rings (SSSR count). The van der Waals surface area contributed by atoms with E-state index in [1.165, 1.54) is 19.3 Å². The number of furan rings is 1. The van der Waals surface area contributed by atoms with Gasteiger partial charge < -0.3 is 14.6 Å². The van der Waals surface area contributed by atoms with Crippen LogP contribution in [0.15, 0.2) is 15.2 Å². The fraction of sp³-hybridized carbons (Fsp3) is 0.643. The van der Waals surface area contributed by atoms with Crippen molar-refractivity contribution in [2.24, 2.45) is 0 Å². The first-order valence-corrected chi connectivity index (χ1v) is 7.64. The van der Waals surface area contributed by atoms with Crippen LogP contribution in [0.2, 0.25) is 0 Å². The first-order chi connectivity index (χ1) is 9.06. The number of aryl methyl sites for hydroxylation is 1. The molecule has 1 saturated heterocycles. The normalized spacial score (nSPS) is 18.3. The number of carbonyl (C=O) groups excluding carboxylic acids is 1. The molecule has 0 aliphatic carbocycles. The van der Waals surface area contributed by atoms with Crippen LogP contribution in [-0.4, -0.2) is 36.5 Å². The third kappa shape index (κ3) is 4.08. The van der Waals surface area contributed by atoms with Crippen LogP contribution in [0.25, 0.3) is 0 Å². The largest absolute Gasteiger partial charge is 0.444 e. The summed E-state index contributed by atoms with van der Waals surface area (Å²) in [5.41, 5.74) is 0.856. The molecule has 0 aromatic carbocycles. The highest BCUT2D eigenvalue weighted by Crippen LogP contribution is 2.19. The van der Waals surface area contributed by atoms with E-state index in [1.54, 1.807) is 0 Å². The monoisotopic (exact) mass is 328 g/mol. The fourth-order valence-corrected chi connectivity index (χ4v) is 3.04. The Morgan fingerprint density at radius 1 is 1.47 bits per heavy atom. The Balaban J connectivity index is 1.86. The number of halogens is 1. The van der Waals surface area contributed by atoms with Crippen molar-refractivity contribution in [3.63, 3.8) is 0 Å². The molecule has 5 heteroatoms. The highest BCUT2D eigenvalue weighted by Gasteiger charge is 2.19. The lowest BCUT2D eigenvalue weighted by molar-refractivity contribution is 0.0895. The van der Waals surface area contributed by atoms with Crippen LogP contribution in [-0.2, 0) is 0 Å². The molecule has 1 fully saturated rings. The molecule has 1 atom stereocenters. The van der Waals surface area contributed by atoms with Crippen molar-refractivity contribution in [2.45, 2.75) is 39.2 Å². The summed E-state index contributed by atoms with van der Waals surface area (Å²) in [5.74, 6) is 0.269. The number of likely N-dealkylation sites (tertiary alicyclic amines) is 1. The standard InChI is InChI=1S/C14H21BrN2O2/c1-10-8-12(15)19-13(10)14(18)16-11(2)9-17-6-4-3-5-7-17/h8,11H,3-7,9H2,1-2H3,(H,16,18). The quantitative estimate of drug-likeness (QED) is 0.924. The van der Waals surface area contributed by atoms with Crippen molar-refractivity contribution in [3.8, 4) is 0 Å². The summed E-state index contributed by atoms with van der Waals surface area (Å²) in [6.07, 6.45) is 3.87. The Hall–Kier alpha value is -0.810. The predicted octanol–water partition coefficient (Wildman–Crippen LogP) is 2.95. The maximum atomic E-state index is 12.1. The minimum absolute atomic E-state index is 0.132. The third-order valence-corrected chi connectivity index (χ3v) is 3.84. The highest BCUT2D eigenvalue weighted by molar-refractivity contribution is 9.10. The van der Waals surface area contributed by atoms with Crippen molar-refractivity contribution in [3.05, 3.63) is 22.1 Å². The number of nitrogens with zero attached hydrogens (tertiary/aromatic N) is 1. The Morgan fingerprint density at radius 3 is 2.74 bits per heavy atom. The molecule has 1 N–H and O–H groups in total. The molecular weight excluding hydrogens is 308 g/mol. The van der Waals surface area contributed by atoms with E-state index in [0.29, 0.717) is 10.4 Å². The molecule has 1 aromatic rings. The molecule has 4 nitrogen and oxygen atoms in total. The lowest BCUT2D eigenvalue weighted by Gasteiger charge is -2.29. The van der Waals surface area contributed by atoms with Crippen LogP contribution in [0.5, 0.6) is 0 Å². The van der Waals surface area contributed by atoms with Gasteiger partial charge in [0.15, 0.2) is 10.4 Å².